The first kappa shape index (κ1) is 19.2. The van der Waals surface area contributed by atoms with Crippen molar-refractivity contribution in [1.82, 2.24) is 15.1 Å². The lowest BCUT2D eigenvalue weighted by molar-refractivity contribution is -0.116. The molecular formula is C19H24Cl2N4O. The van der Waals surface area contributed by atoms with Crippen molar-refractivity contribution in [3.63, 3.8) is 0 Å². The number of carbonyl (C=O) groups is 1. The number of nitrogens with one attached hydrogen (secondary N) is 2. The van der Waals surface area contributed by atoms with Gasteiger partial charge in [0.15, 0.2) is 5.82 Å². The molecule has 1 saturated heterocycles. The minimum Gasteiger partial charge on any atom is -0.309 e. The van der Waals surface area contributed by atoms with E-state index in [0.29, 0.717) is 22.3 Å². The van der Waals surface area contributed by atoms with Crippen LogP contribution < -0.4 is 5.32 Å². The zero-order valence-electron chi connectivity index (χ0n) is 14.7. The van der Waals surface area contributed by atoms with Gasteiger partial charge in [0.05, 0.1) is 10.7 Å². The largest absolute Gasteiger partial charge is 0.309 e. The standard InChI is InChI=1S/C19H24Cl2N4O/c20-14-7-8-15(16(21)12-14)17-13-18(24-23-17)22-19(26)6-5-11-25-9-3-1-2-4-10-25/h7-8,12-13H,1-6,9-11H2,(H2,22,23,24,26). The first-order valence-corrected chi connectivity index (χ1v) is 9.90. The van der Waals surface area contributed by atoms with Gasteiger partial charge in [-0.2, -0.15) is 5.10 Å². The van der Waals surface area contributed by atoms with Gasteiger partial charge in [-0.15, -0.1) is 0 Å². The Kier molecular flexibility index (Phi) is 6.94. The molecule has 0 aliphatic carbocycles. The molecule has 2 aromatic rings. The number of carbonyl (C=O) groups excluding carboxylic acids is 1. The van der Waals surface area contributed by atoms with Crippen LogP contribution in [0.4, 0.5) is 5.82 Å². The van der Waals surface area contributed by atoms with Crippen molar-refractivity contribution in [2.45, 2.75) is 38.5 Å². The Labute approximate surface area is 164 Å². The maximum atomic E-state index is 12.2. The van der Waals surface area contributed by atoms with E-state index in [9.17, 15) is 4.79 Å². The molecule has 0 radical (unpaired) electrons. The van der Waals surface area contributed by atoms with Gasteiger partial charge in [-0.1, -0.05) is 36.0 Å². The lowest BCUT2D eigenvalue weighted by Gasteiger charge is -2.19. The number of halogens is 2. The minimum absolute atomic E-state index is 0.0138. The highest BCUT2D eigenvalue weighted by Crippen LogP contribution is 2.30. The fraction of sp³-hybridized carbons (Fsp3) is 0.474. The van der Waals surface area contributed by atoms with Crippen molar-refractivity contribution in [3.05, 3.63) is 34.3 Å². The summed E-state index contributed by atoms with van der Waals surface area (Å²) in [5.74, 6) is 0.492. The number of aromatic nitrogens is 2. The average Bonchev–Trinajstić information content (AvgIpc) is 2.89. The van der Waals surface area contributed by atoms with Crippen LogP contribution in [-0.2, 0) is 4.79 Å². The van der Waals surface area contributed by atoms with E-state index in [1.54, 1.807) is 18.2 Å². The lowest BCUT2D eigenvalue weighted by Crippen LogP contribution is -2.26. The number of aromatic amines is 1. The van der Waals surface area contributed by atoms with Crippen molar-refractivity contribution >= 4 is 34.9 Å². The fourth-order valence-electron chi connectivity index (χ4n) is 3.26. The molecule has 2 N–H and O–H groups in total. The van der Waals surface area contributed by atoms with Crippen molar-refractivity contribution < 1.29 is 4.79 Å². The zero-order valence-corrected chi connectivity index (χ0v) is 16.2. The van der Waals surface area contributed by atoms with Crippen LogP contribution in [0.25, 0.3) is 11.3 Å². The number of amides is 1. The van der Waals surface area contributed by atoms with E-state index in [1.165, 1.54) is 25.7 Å². The summed E-state index contributed by atoms with van der Waals surface area (Å²) in [7, 11) is 0. The van der Waals surface area contributed by atoms with Gasteiger partial charge in [0.1, 0.15) is 0 Å². The van der Waals surface area contributed by atoms with Crippen LogP contribution >= 0.6 is 23.2 Å². The summed E-state index contributed by atoms with van der Waals surface area (Å²) in [5, 5.41) is 11.0. The summed E-state index contributed by atoms with van der Waals surface area (Å²) < 4.78 is 0. The molecule has 0 spiro atoms. The summed E-state index contributed by atoms with van der Waals surface area (Å²) in [5.41, 5.74) is 1.54. The molecule has 5 nitrogen and oxygen atoms in total. The minimum atomic E-state index is -0.0138. The van der Waals surface area contributed by atoms with E-state index >= 15 is 0 Å². The molecule has 1 aliphatic rings. The van der Waals surface area contributed by atoms with Gasteiger partial charge < -0.3 is 10.2 Å². The topological polar surface area (TPSA) is 61.0 Å². The van der Waals surface area contributed by atoms with Gasteiger partial charge in [0.25, 0.3) is 0 Å². The van der Waals surface area contributed by atoms with Gasteiger partial charge in [-0.3, -0.25) is 9.89 Å². The third-order valence-electron chi connectivity index (χ3n) is 4.64. The highest BCUT2D eigenvalue weighted by molar-refractivity contribution is 6.36. The summed E-state index contributed by atoms with van der Waals surface area (Å²) >= 11 is 12.1. The lowest BCUT2D eigenvalue weighted by atomic mass is 10.1. The number of rotatable bonds is 6. The highest BCUT2D eigenvalue weighted by atomic mass is 35.5. The van der Waals surface area contributed by atoms with Gasteiger partial charge in [-0.25, -0.2) is 0 Å². The van der Waals surface area contributed by atoms with Gasteiger partial charge in [0, 0.05) is 23.1 Å². The van der Waals surface area contributed by atoms with Crippen LogP contribution in [-0.4, -0.2) is 40.6 Å². The van der Waals surface area contributed by atoms with Gasteiger partial charge >= 0.3 is 0 Å². The molecule has 1 aromatic heterocycles. The highest BCUT2D eigenvalue weighted by Gasteiger charge is 2.12. The Morgan fingerprint density at radius 3 is 2.65 bits per heavy atom. The number of nitrogens with zero attached hydrogens (tertiary/aromatic N) is 2. The maximum absolute atomic E-state index is 12.2. The van der Waals surface area contributed by atoms with Crippen molar-refractivity contribution in [2.24, 2.45) is 0 Å². The van der Waals surface area contributed by atoms with Crippen molar-refractivity contribution in [1.29, 1.82) is 0 Å². The van der Waals surface area contributed by atoms with Crippen LogP contribution in [0.15, 0.2) is 24.3 Å². The van der Waals surface area contributed by atoms with Crippen LogP contribution in [0, 0.1) is 0 Å². The molecular weight excluding hydrogens is 371 g/mol. The quantitative estimate of drug-likeness (QED) is 0.725. The molecule has 1 fully saturated rings. The van der Waals surface area contributed by atoms with Crippen LogP contribution in [0.2, 0.25) is 10.0 Å². The fourth-order valence-corrected chi connectivity index (χ4v) is 3.77. The number of likely N-dealkylation sites (tertiary alicyclic amines) is 1. The average molecular weight is 395 g/mol. The summed E-state index contributed by atoms with van der Waals surface area (Å²) in [6, 6.07) is 7.05. The third kappa shape index (κ3) is 5.47. The molecule has 0 atom stereocenters. The van der Waals surface area contributed by atoms with Gasteiger partial charge in [-0.05, 0) is 57.1 Å². The maximum Gasteiger partial charge on any atom is 0.225 e. The Morgan fingerprint density at radius 2 is 1.92 bits per heavy atom. The van der Waals surface area contributed by atoms with E-state index < -0.39 is 0 Å². The molecule has 1 aromatic carbocycles. The van der Waals surface area contributed by atoms with Crippen molar-refractivity contribution in [2.75, 3.05) is 25.0 Å². The summed E-state index contributed by atoms with van der Waals surface area (Å²) in [4.78, 5) is 14.6. The number of H-pyrrole nitrogens is 1. The van der Waals surface area contributed by atoms with Crippen LogP contribution in [0.1, 0.15) is 38.5 Å². The van der Waals surface area contributed by atoms with Gasteiger partial charge in [0.2, 0.25) is 5.91 Å². The SMILES string of the molecule is O=C(CCCN1CCCCCC1)Nc1cc(-c2ccc(Cl)cc2Cl)[nH]n1. The van der Waals surface area contributed by atoms with E-state index in [-0.39, 0.29) is 5.91 Å². The van der Waals surface area contributed by atoms with E-state index in [0.717, 1.165) is 37.3 Å². The first-order valence-electron chi connectivity index (χ1n) is 9.15. The predicted octanol–water partition coefficient (Wildman–Crippen LogP) is 4.98. The molecule has 1 aliphatic heterocycles. The number of hydrogen-bond donors (Lipinski definition) is 2. The second-order valence-corrected chi connectivity index (χ2v) is 7.54. The monoisotopic (exact) mass is 394 g/mol. The first-order chi connectivity index (χ1) is 12.6. The summed E-state index contributed by atoms with van der Waals surface area (Å²) in [6.07, 6.45) is 6.57. The van der Waals surface area contributed by atoms with E-state index in [4.69, 9.17) is 23.2 Å². The van der Waals surface area contributed by atoms with Crippen LogP contribution in [0.5, 0.6) is 0 Å². The molecule has 1 amide bonds. The Morgan fingerprint density at radius 1 is 1.15 bits per heavy atom. The molecule has 26 heavy (non-hydrogen) atoms. The normalized spacial score (nSPS) is 15.6. The van der Waals surface area contributed by atoms with Crippen molar-refractivity contribution in [3.8, 4) is 11.3 Å². The molecule has 7 heteroatoms. The van der Waals surface area contributed by atoms with Crippen LogP contribution in [0.3, 0.4) is 0 Å². The smallest absolute Gasteiger partial charge is 0.225 e. The molecule has 140 valence electrons. The molecule has 0 unspecified atom stereocenters. The molecule has 3 rings (SSSR count). The Balaban J connectivity index is 1.48. The predicted molar refractivity (Wildman–Crippen MR) is 107 cm³/mol. The third-order valence-corrected chi connectivity index (χ3v) is 5.19. The zero-order chi connectivity index (χ0) is 18.4. The molecule has 2 heterocycles. The number of benzene rings is 1. The molecule has 0 bridgehead atoms. The number of anilines is 1. The second kappa shape index (κ2) is 9.40. The summed E-state index contributed by atoms with van der Waals surface area (Å²) in [6.45, 7) is 3.30. The second-order valence-electron chi connectivity index (χ2n) is 6.70. The Bertz CT molecular complexity index is 739. The Hall–Kier alpha value is -1.56. The van der Waals surface area contributed by atoms with E-state index in [1.807, 2.05) is 6.07 Å². The number of hydrogen-bond acceptors (Lipinski definition) is 3. The molecule has 0 saturated carbocycles. The van der Waals surface area contributed by atoms with E-state index in [2.05, 4.69) is 20.4 Å².